The molecule has 0 saturated carbocycles. The van der Waals surface area contributed by atoms with Crippen molar-refractivity contribution in [1.82, 2.24) is 10.2 Å². The van der Waals surface area contributed by atoms with Crippen molar-refractivity contribution in [1.29, 1.82) is 0 Å². The molecule has 3 heteroatoms. The van der Waals surface area contributed by atoms with Crippen LogP contribution in [-0.4, -0.2) is 36.0 Å². The van der Waals surface area contributed by atoms with Crippen LogP contribution in [0.5, 0.6) is 0 Å². The molecule has 0 aromatic heterocycles. The zero-order valence-electron chi connectivity index (χ0n) is 9.88. The number of carbonyl (C=O) groups excluding carboxylic acids is 1. The van der Waals surface area contributed by atoms with E-state index in [9.17, 15) is 4.79 Å². The summed E-state index contributed by atoms with van der Waals surface area (Å²) in [5, 5.41) is 3.32. The van der Waals surface area contributed by atoms with Gasteiger partial charge in [-0.05, 0) is 46.1 Å². The van der Waals surface area contributed by atoms with Crippen LogP contribution in [0, 0.1) is 5.92 Å². The Bertz CT molecular complexity index is 244. The molecule has 2 rings (SSSR count). The molecule has 86 valence electrons. The van der Waals surface area contributed by atoms with E-state index in [1.165, 1.54) is 6.42 Å². The fraction of sp³-hybridized carbons (Fsp3) is 0.917. The van der Waals surface area contributed by atoms with Gasteiger partial charge < -0.3 is 10.2 Å². The molecule has 2 aliphatic rings. The molecule has 15 heavy (non-hydrogen) atoms. The fourth-order valence-electron chi connectivity index (χ4n) is 2.80. The van der Waals surface area contributed by atoms with Crippen LogP contribution in [0.25, 0.3) is 0 Å². The van der Waals surface area contributed by atoms with Crippen molar-refractivity contribution in [3.63, 3.8) is 0 Å². The van der Waals surface area contributed by atoms with Crippen LogP contribution in [0.1, 0.15) is 39.5 Å². The average molecular weight is 210 g/mol. The average Bonchev–Trinajstić information content (AvgIpc) is 2.58. The summed E-state index contributed by atoms with van der Waals surface area (Å²) in [6.45, 7) is 7.29. The maximum Gasteiger partial charge on any atom is 0.227 e. The molecule has 3 nitrogen and oxygen atoms in total. The normalized spacial score (nSPS) is 30.5. The van der Waals surface area contributed by atoms with Gasteiger partial charge in [-0.2, -0.15) is 0 Å². The minimum absolute atomic E-state index is 0.0918. The van der Waals surface area contributed by atoms with Gasteiger partial charge in [-0.1, -0.05) is 0 Å². The first-order valence-electron chi connectivity index (χ1n) is 6.13. The van der Waals surface area contributed by atoms with E-state index in [0.29, 0.717) is 5.91 Å². The molecule has 0 bridgehead atoms. The summed E-state index contributed by atoms with van der Waals surface area (Å²) in [5.41, 5.74) is 0.0918. The van der Waals surface area contributed by atoms with E-state index >= 15 is 0 Å². The number of carbonyl (C=O) groups is 1. The molecular formula is C12H22N2O. The Hall–Kier alpha value is -0.570. The Morgan fingerprint density at radius 3 is 2.73 bits per heavy atom. The summed E-state index contributed by atoms with van der Waals surface area (Å²) in [6, 6.07) is 0. The van der Waals surface area contributed by atoms with Crippen LogP contribution >= 0.6 is 0 Å². The van der Waals surface area contributed by atoms with Crippen molar-refractivity contribution in [2.75, 3.05) is 19.6 Å². The highest BCUT2D eigenvalue weighted by atomic mass is 16.2. The number of hydrogen-bond donors (Lipinski definition) is 1. The van der Waals surface area contributed by atoms with Gasteiger partial charge in [0.2, 0.25) is 5.91 Å². The molecule has 1 atom stereocenters. The van der Waals surface area contributed by atoms with E-state index in [4.69, 9.17) is 0 Å². The molecule has 2 fully saturated rings. The molecular weight excluding hydrogens is 188 g/mol. The van der Waals surface area contributed by atoms with E-state index in [1.807, 2.05) is 0 Å². The Morgan fingerprint density at radius 2 is 2.20 bits per heavy atom. The Kier molecular flexibility index (Phi) is 3.01. The molecule has 0 unspecified atom stereocenters. The van der Waals surface area contributed by atoms with E-state index in [-0.39, 0.29) is 11.5 Å². The lowest BCUT2D eigenvalue weighted by Crippen LogP contribution is -2.48. The molecule has 1 N–H and O–H groups in total. The van der Waals surface area contributed by atoms with Gasteiger partial charge in [-0.25, -0.2) is 0 Å². The predicted molar refractivity (Wildman–Crippen MR) is 60.6 cm³/mol. The summed E-state index contributed by atoms with van der Waals surface area (Å²) in [4.78, 5) is 14.4. The number of piperidine rings is 1. The molecule has 0 radical (unpaired) electrons. The summed E-state index contributed by atoms with van der Waals surface area (Å²) < 4.78 is 0. The van der Waals surface area contributed by atoms with Gasteiger partial charge in [0.15, 0.2) is 0 Å². The standard InChI is InChI=1S/C12H22N2O/c1-12(2)6-4-8-14(12)11(15)10-5-3-7-13-9-10/h10,13H,3-9H2,1-2H3/t10-/m1/s1. The first-order valence-corrected chi connectivity index (χ1v) is 6.13. The van der Waals surface area contributed by atoms with Gasteiger partial charge in [0.25, 0.3) is 0 Å². The second-order valence-corrected chi connectivity index (χ2v) is 5.45. The number of nitrogens with one attached hydrogen (secondary N) is 1. The highest BCUT2D eigenvalue weighted by Crippen LogP contribution is 2.30. The van der Waals surface area contributed by atoms with Crippen molar-refractivity contribution in [2.45, 2.75) is 45.1 Å². The van der Waals surface area contributed by atoms with Crippen LogP contribution < -0.4 is 5.32 Å². The van der Waals surface area contributed by atoms with Gasteiger partial charge in [-0.3, -0.25) is 4.79 Å². The monoisotopic (exact) mass is 210 g/mol. The van der Waals surface area contributed by atoms with E-state index in [2.05, 4.69) is 24.1 Å². The predicted octanol–water partition coefficient (Wildman–Crippen LogP) is 1.39. The van der Waals surface area contributed by atoms with Crippen LogP contribution in [0.3, 0.4) is 0 Å². The van der Waals surface area contributed by atoms with Crippen LogP contribution in [-0.2, 0) is 4.79 Å². The lowest BCUT2D eigenvalue weighted by molar-refractivity contribution is -0.139. The van der Waals surface area contributed by atoms with Crippen molar-refractivity contribution >= 4 is 5.91 Å². The lowest BCUT2D eigenvalue weighted by atomic mass is 9.95. The summed E-state index contributed by atoms with van der Waals surface area (Å²) in [7, 11) is 0. The maximum atomic E-state index is 12.3. The first kappa shape index (κ1) is 10.9. The number of nitrogens with zero attached hydrogens (tertiary/aromatic N) is 1. The third-order valence-electron chi connectivity index (χ3n) is 3.81. The van der Waals surface area contributed by atoms with Crippen LogP contribution in [0.4, 0.5) is 0 Å². The third-order valence-corrected chi connectivity index (χ3v) is 3.81. The molecule has 0 spiro atoms. The van der Waals surface area contributed by atoms with Crippen molar-refractivity contribution in [2.24, 2.45) is 5.92 Å². The highest BCUT2D eigenvalue weighted by Gasteiger charge is 2.38. The Balaban J connectivity index is 2.00. The zero-order chi connectivity index (χ0) is 10.9. The first-order chi connectivity index (χ1) is 7.11. The van der Waals surface area contributed by atoms with Crippen LogP contribution in [0.2, 0.25) is 0 Å². The fourth-order valence-corrected chi connectivity index (χ4v) is 2.80. The quantitative estimate of drug-likeness (QED) is 0.709. The number of likely N-dealkylation sites (tertiary alicyclic amines) is 1. The van der Waals surface area contributed by atoms with Gasteiger partial charge in [0.05, 0.1) is 5.92 Å². The van der Waals surface area contributed by atoms with Crippen LogP contribution in [0.15, 0.2) is 0 Å². The molecule has 0 aromatic carbocycles. The molecule has 2 heterocycles. The summed E-state index contributed by atoms with van der Waals surface area (Å²) >= 11 is 0. The van der Waals surface area contributed by atoms with E-state index in [0.717, 1.165) is 38.9 Å². The number of amides is 1. The van der Waals surface area contributed by atoms with Crippen molar-refractivity contribution in [3.05, 3.63) is 0 Å². The summed E-state index contributed by atoms with van der Waals surface area (Å²) in [5.74, 6) is 0.612. The Labute approximate surface area is 92.2 Å². The minimum atomic E-state index is 0.0918. The molecule has 0 aliphatic carbocycles. The number of rotatable bonds is 1. The topological polar surface area (TPSA) is 32.3 Å². The number of hydrogen-bond acceptors (Lipinski definition) is 2. The van der Waals surface area contributed by atoms with Gasteiger partial charge in [0, 0.05) is 18.6 Å². The second-order valence-electron chi connectivity index (χ2n) is 5.45. The molecule has 0 aromatic rings. The maximum absolute atomic E-state index is 12.3. The highest BCUT2D eigenvalue weighted by molar-refractivity contribution is 5.80. The van der Waals surface area contributed by atoms with E-state index < -0.39 is 0 Å². The molecule has 2 saturated heterocycles. The van der Waals surface area contributed by atoms with Crippen molar-refractivity contribution in [3.8, 4) is 0 Å². The smallest absolute Gasteiger partial charge is 0.227 e. The van der Waals surface area contributed by atoms with Gasteiger partial charge in [-0.15, -0.1) is 0 Å². The zero-order valence-corrected chi connectivity index (χ0v) is 9.88. The largest absolute Gasteiger partial charge is 0.337 e. The minimum Gasteiger partial charge on any atom is -0.337 e. The third kappa shape index (κ3) is 2.17. The molecule has 2 aliphatic heterocycles. The lowest BCUT2D eigenvalue weighted by Gasteiger charge is -2.35. The van der Waals surface area contributed by atoms with Gasteiger partial charge in [0.1, 0.15) is 0 Å². The Morgan fingerprint density at radius 1 is 1.40 bits per heavy atom. The molecule has 1 amide bonds. The summed E-state index contributed by atoms with van der Waals surface area (Å²) in [6.07, 6.45) is 4.53. The second kappa shape index (κ2) is 4.12. The van der Waals surface area contributed by atoms with E-state index in [1.54, 1.807) is 0 Å². The SMILES string of the molecule is CC1(C)CCCN1C(=O)[C@@H]1CCCNC1. The van der Waals surface area contributed by atoms with Crippen molar-refractivity contribution < 1.29 is 4.79 Å². The van der Waals surface area contributed by atoms with Gasteiger partial charge >= 0.3 is 0 Å².